The minimum absolute atomic E-state index is 0.464. The number of aromatic nitrogens is 3. The van der Waals surface area contributed by atoms with Gasteiger partial charge >= 0.3 is 0 Å². The Hall–Kier alpha value is -1.79. The van der Waals surface area contributed by atoms with Crippen LogP contribution in [-0.2, 0) is 12.8 Å². The van der Waals surface area contributed by atoms with Crippen molar-refractivity contribution in [3.05, 3.63) is 23.1 Å². The number of pyridine rings is 1. The van der Waals surface area contributed by atoms with E-state index in [0.717, 1.165) is 53.2 Å². The molecule has 0 saturated heterocycles. The summed E-state index contributed by atoms with van der Waals surface area (Å²) in [6, 6.07) is 0. The van der Waals surface area contributed by atoms with Crippen LogP contribution >= 0.6 is 11.3 Å². The minimum atomic E-state index is 0.464. The summed E-state index contributed by atoms with van der Waals surface area (Å²) in [5.74, 6) is 1.42. The molecule has 3 heterocycles. The average Bonchev–Trinajstić information content (AvgIpc) is 3.21. The molecular formula is C20H27N5S. The molecule has 1 aliphatic carbocycles. The second-order valence-electron chi connectivity index (χ2n) is 7.73. The molecule has 0 aliphatic heterocycles. The van der Waals surface area contributed by atoms with Gasteiger partial charge in [0.05, 0.1) is 10.2 Å². The molecule has 6 heteroatoms. The van der Waals surface area contributed by atoms with Crippen molar-refractivity contribution in [1.29, 1.82) is 0 Å². The lowest BCUT2D eigenvalue weighted by molar-refractivity contribution is 0.405. The quantitative estimate of drug-likeness (QED) is 0.660. The standard InChI is InChI=1S/C20H27N5S/c1-12(2)16-14-8-5-7-13(14)15-17-18(26-20(15)24-16)19(23-11-22-17)21-9-6-10-25(3)4/h11-12H,5-10H2,1-4H3,(H,21,22,23). The van der Waals surface area contributed by atoms with E-state index in [1.54, 1.807) is 17.7 Å². The van der Waals surface area contributed by atoms with Crippen LogP contribution in [-0.4, -0.2) is 47.0 Å². The van der Waals surface area contributed by atoms with Gasteiger partial charge in [-0.05, 0) is 63.4 Å². The van der Waals surface area contributed by atoms with E-state index >= 15 is 0 Å². The lowest BCUT2D eigenvalue weighted by Crippen LogP contribution is -2.16. The van der Waals surface area contributed by atoms with Crippen molar-refractivity contribution in [2.24, 2.45) is 0 Å². The van der Waals surface area contributed by atoms with Crippen LogP contribution in [0.15, 0.2) is 6.33 Å². The Morgan fingerprint density at radius 2 is 2.00 bits per heavy atom. The van der Waals surface area contributed by atoms with E-state index < -0.39 is 0 Å². The van der Waals surface area contributed by atoms with Crippen molar-refractivity contribution in [3.8, 4) is 0 Å². The maximum atomic E-state index is 5.06. The molecule has 4 rings (SSSR count). The molecule has 138 valence electrons. The summed E-state index contributed by atoms with van der Waals surface area (Å²) in [7, 11) is 4.21. The molecule has 3 aromatic heterocycles. The number of thiophene rings is 1. The van der Waals surface area contributed by atoms with Gasteiger partial charge in [-0.2, -0.15) is 0 Å². The molecule has 26 heavy (non-hydrogen) atoms. The number of nitrogens with zero attached hydrogens (tertiary/aromatic N) is 4. The monoisotopic (exact) mass is 369 g/mol. The highest BCUT2D eigenvalue weighted by atomic mass is 32.1. The number of rotatable bonds is 6. The van der Waals surface area contributed by atoms with Gasteiger partial charge in [0.2, 0.25) is 0 Å². The Balaban J connectivity index is 1.78. The van der Waals surface area contributed by atoms with E-state index in [4.69, 9.17) is 4.98 Å². The second kappa shape index (κ2) is 7.08. The Kier molecular flexibility index (Phi) is 4.80. The predicted molar refractivity (Wildman–Crippen MR) is 110 cm³/mol. The first kappa shape index (κ1) is 17.6. The minimum Gasteiger partial charge on any atom is -0.369 e. The van der Waals surface area contributed by atoms with Gasteiger partial charge in [0, 0.05) is 17.6 Å². The summed E-state index contributed by atoms with van der Waals surface area (Å²) in [5, 5.41) is 4.79. The number of hydrogen-bond donors (Lipinski definition) is 1. The normalized spacial score (nSPS) is 14.1. The summed E-state index contributed by atoms with van der Waals surface area (Å²) in [6.45, 7) is 6.48. The smallest absolute Gasteiger partial charge is 0.147 e. The first-order valence-electron chi connectivity index (χ1n) is 9.53. The third-order valence-corrected chi connectivity index (χ3v) is 6.21. The van der Waals surface area contributed by atoms with Gasteiger partial charge < -0.3 is 10.2 Å². The van der Waals surface area contributed by atoms with Crippen LogP contribution in [0.1, 0.15) is 49.4 Å². The number of aryl methyl sites for hydroxylation is 1. The first-order chi connectivity index (χ1) is 12.6. The van der Waals surface area contributed by atoms with Gasteiger partial charge in [0.15, 0.2) is 0 Å². The molecule has 0 spiro atoms. The molecule has 5 nitrogen and oxygen atoms in total. The van der Waals surface area contributed by atoms with Gasteiger partial charge in [-0.25, -0.2) is 15.0 Å². The van der Waals surface area contributed by atoms with Crippen LogP contribution in [0.2, 0.25) is 0 Å². The maximum Gasteiger partial charge on any atom is 0.147 e. The van der Waals surface area contributed by atoms with Crippen molar-refractivity contribution in [2.45, 2.75) is 45.4 Å². The fourth-order valence-electron chi connectivity index (χ4n) is 3.93. The number of hydrogen-bond acceptors (Lipinski definition) is 6. The third-order valence-electron chi connectivity index (χ3n) is 5.13. The fourth-order valence-corrected chi connectivity index (χ4v) is 5.07. The van der Waals surface area contributed by atoms with Crippen LogP contribution in [0.25, 0.3) is 20.4 Å². The summed E-state index contributed by atoms with van der Waals surface area (Å²) < 4.78 is 1.15. The van der Waals surface area contributed by atoms with E-state index in [9.17, 15) is 0 Å². The van der Waals surface area contributed by atoms with Crippen molar-refractivity contribution in [1.82, 2.24) is 19.9 Å². The van der Waals surface area contributed by atoms with Crippen LogP contribution in [0.4, 0.5) is 5.82 Å². The largest absolute Gasteiger partial charge is 0.369 e. The van der Waals surface area contributed by atoms with Crippen molar-refractivity contribution in [2.75, 3.05) is 32.5 Å². The van der Waals surface area contributed by atoms with Crippen LogP contribution in [0.5, 0.6) is 0 Å². The highest BCUT2D eigenvalue weighted by molar-refractivity contribution is 7.26. The summed E-state index contributed by atoms with van der Waals surface area (Å²) in [5.41, 5.74) is 5.33. The zero-order valence-electron chi connectivity index (χ0n) is 16.1. The molecule has 1 N–H and O–H groups in total. The molecule has 0 saturated carbocycles. The highest BCUT2D eigenvalue weighted by Crippen LogP contribution is 2.42. The number of nitrogens with one attached hydrogen (secondary N) is 1. The van der Waals surface area contributed by atoms with Gasteiger partial charge in [0.25, 0.3) is 0 Å². The molecule has 0 aromatic carbocycles. The summed E-state index contributed by atoms with van der Waals surface area (Å²) >= 11 is 1.74. The topological polar surface area (TPSA) is 53.9 Å². The predicted octanol–water partition coefficient (Wildman–Crippen LogP) is 4.22. The Morgan fingerprint density at radius 3 is 2.77 bits per heavy atom. The van der Waals surface area contributed by atoms with Gasteiger partial charge in [-0.1, -0.05) is 13.8 Å². The lowest BCUT2D eigenvalue weighted by atomic mass is 9.99. The molecule has 1 aliphatic rings. The van der Waals surface area contributed by atoms with Crippen LogP contribution in [0, 0.1) is 0 Å². The molecule has 3 aromatic rings. The third kappa shape index (κ3) is 3.05. The zero-order chi connectivity index (χ0) is 18.3. The lowest BCUT2D eigenvalue weighted by Gasteiger charge is -2.11. The van der Waals surface area contributed by atoms with Crippen LogP contribution in [0.3, 0.4) is 0 Å². The summed E-state index contributed by atoms with van der Waals surface area (Å²) in [4.78, 5) is 17.6. The molecule has 0 bridgehead atoms. The van der Waals surface area contributed by atoms with E-state index in [2.05, 4.69) is 48.1 Å². The van der Waals surface area contributed by atoms with Crippen molar-refractivity contribution >= 4 is 37.6 Å². The Labute approximate surface area is 158 Å². The molecule has 0 unspecified atom stereocenters. The zero-order valence-corrected chi connectivity index (χ0v) is 16.9. The van der Waals surface area contributed by atoms with E-state index in [1.165, 1.54) is 28.6 Å². The van der Waals surface area contributed by atoms with Crippen LogP contribution < -0.4 is 5.32 Å². The van der Waals surface area contributed by atoms with E-state index in [1.807, 2.05) is 0 Å². The Morgan fingerprint density at radius 1 is 1.19 bits per heavy atom. The molecule has 0 radical (unpaired) electrons. The second-order valence-corrected chi connectivity index (χ2v) is 8.73. The maximum absolute atomic E-state index is 5.06. The molecule has 0 amide bonds. The van der Waals surface area contributed by atoms with Crippen molar-refractivity contribution < 1.29 is 0 Å². The van der Waals surface area contributed by atoms with Gasteiger partial charge in [0.1, 0.15) is 17.0 Å². The Bertz CT molecular complexity index is 944. The number of fused-ring (bicyclic) bond motifs is 5. The highest BCUT2D eigenvalue weighted by Gasteiger charge is 2.25. The van der Waals surface area contributed by atoms with Crippen molar-refractivity contribution in [3.63, 3.8) is 0 Å². The summed E-state index contributed by atoms with van der Waals surface area (Å²) in [6.07, 6.45) is 6.32. The molecule has 0 fully saturated rings. The van der Waals surface area contributed by atoms with Gasteiger partial charge in [-0.15, -0.1) is 11.3 Å². The fraction of sp³-hybridized carbons (Fsp3) is 0.550. The molecule has 0 atom stereocenters. The first-order valence-corrected chi connectivity index (χ1v) is 10.4. The van der Waals surface area contributed by atoms with Gasteiger partial charge in [-0.3, -0.25) is 0 Å². The SMILES string of the molecule is CC(C)c1nc2sc3c(NCCCN(C)C)ncnc3c2c2c1CCC2. The molecular weight excluding hydrogens is 342 g/mol. The number of anilines is 1. The average molecular weight is 370 g/mol. The van der Waals surface area contributed by atoms with E-state index in [0.29, 0.717) is 5.92 Å². The van der Waals surface area contributed by atoms with E-state index in [-0.39, 0.29) is 0 Å².